The average Bonchev–Trinajstić information content (AvgIpc) is 2.45. The van der Waals surface area contributed by atoms with Crippen LogP contribution in [0, 0.1) is 5.92 Å². The van der Waals surface area contributed by atoms with Crippen LogP contribution in [0.2, 0.25) is 0 Å². The smallest absolute Gasteiger partial charge is 0.328 e. The van der Waals surface area contributed by atoms with E-state index < -0.39 is 5.97 Å². The van der Waals surface area contributed by atoms with Gasteiger partial charge in [0.25, 0.3) is 5.56 Å². The van der Waals surface area contributed by atoms with Crippen molar-refractivity contribution in [3.05, 3.63) is 46.4 Å². The van der Waals surface area contributed by atoms with E-state index in [1.54, 1.807) is 21.6 Å². The third kappa shape index (κ3) is 2.61. The Bertz CT molecular complexity index is 676. The van der Waals surface area contributed by atoms with Crippen molar-refractivity contribution in [3.63, 3.8) is 0 Å². The number of hydrogen-bond acceptors (Lipinski definition) is 3. The summed E-state index contributed by atoms with van der Waals surface area (Å²) in [5, 5.41) is 8.59. The van der Waals surface area contributed by atoms with E-state index in [-0.39, 0.29) is 23.3 Å². The lowest BCUT2D eigenvalue weighted by atomic mass is 9.83. The van der Waals surface area contributed by atoms with Crippen molar-refractivity contribution < 1.29 is 14.7 Å². The van der Waals surface area contributed by atoms with Crippen LogP contribution in [0.5, 0.6) is 0 Å². The van der Waals surface area contributed by atoms with E-state index in [1.807, 2.05) is 6.07 Å². The normalized spacial score (nSPS) is 23.9. The molecule has 1 fully saturated rings. The van der Waals surface area contributed by atoms with Gasteiger partial charge in [0, 0.05) is 49.5 Å². The number of piperidine rings is 1. The molecule has 1 unspecified atom stereocenters. The first-order valence-corrected chi connectivity index (χ1v) is 6.94. The molecule has 6 nitrogen and oxygen atoms in total. The number of carbonyl (C=O) groups is 2. The number of fused-ring (bicyclic) bond motifs is 4. The van der Waals surface area contributed by atoms with Crippen LogP contribution in [0.25, 0.3) is 0 Å². The first kappa shape index (κ1) is 13.6. The minimum atomic E-state index is -1.13. The second-order valence-corrected chi connectivity index (χ2v) is 5.61. The van der Waals surface area contributed by atoms with Gasteiger partial charge in [-0.05, 0) is 18.4 Å². The molecule has 1 saturated heterocycles. The molecule has 21 heavy (non-hydrogen) atoms. The lowest BCUT2D eigenvalue weighted by Crippen LogP contribution is -2.48. The highest BCUT2D eigenvalue weighted by Gasteiger charge is 2.35. The van der Waals surface area contributed by atoms with E-state index in [9.17, 15) is 14.4 Å². The van der Waals surface area contributed by atoms with Gasteiger partial charge in [0.2, 0.25) is 5.91 Å². The average molecular weight is 288 g/mol. The summed E-state index contributed by atoms with van der Waals surface area (Å²) in [5.41, 5.74) is 0.978. The highest BCUT2D eigenvalue weighted by Crippen LogP contribution is 2.34. The predicted octanol–water partition coefficient (Wildman–Crippen LogP) is 0.435. The number of aliphatic carboxylic acids is 1. The van der Waals surface area contributed by atoms with E-state index >= 15 is 0 Å². The van der Waals surface area contributed by atoms with Crippen molar-refractivity contribution in [1.29, 1.82) is 0 Å². The van der Waals surface area contributed by atoms with Gasteiger partial charge >= 0.3 is 5.97 Å². The molecule has 2 bridgehead atoms. The predicted molar refractivity (Wildman–Crippen MR) is 74.9 cm³/mol. The molecule has 0 saturated carbocycles. The molecule has 110 valence electrons. The largest absolute Gasteiger partial charge is 0.478 e. The Balaban J connectivity index is 1.83. The summed E-state index contributed by atoms with van der Waals surface area (Å²) < 4.78 is 1.80. The van der Waals surface area contributed by atoms with E-state index in [4.69, 9.17) is 5.11 Å². The highest BCUT2D eigenvalue weighted by molar-refractivity contribution is 5.94. The van der Waals surface area contributed by atoms with Gasteiger partial charge in [-0.1, -0.05) is 6.07 Å². The van der Waals surface area contributed by atoms with Crippen LogP contribution in [-0.2, 0) is 16.1 Å². The highest BCUT2D eigenvalue weighted by atomic mass is 16.4. The van der Waals surface area contributed by atoms with Crippen LogP contribution >= 0.6 is 0 Å². The maximum Gasteiger partial charge on any atom is 0.328 e. The zero-order chi connectivity index (χ0) is 15.0. The maximum atomic E-state index is 12.0. The number of pyridine rings is 1. The SMILES string of the molecule is O=C(O)/C=C/C(=O)N1CC2C[C@@H](C1)Cn1c2cccc1=O. The molecule has 0 spiro atoms. The number of carbonyl (C=O) groups excluding carboxylic acids is 1. The van der Waals surface area contributed by atoms with Crippen molar-refractivity contribution in [2.75, 3.05) is 13.1 Å². The Morgan fingerprint density at radius 1 is 1.19 bits per heavy atom. The third-order valence-electron chi connectivity index (χ3n) is 4.16. The van der Waals surface area contributed by atoms with Crippen LogP contribution < -0.4 is 5.56 Å². The maximum absolute atomic E-state index is 12.0. The Morgan fingerprint density at radius 3 is 2.76 bits per heavy atom. The van der Waals surface area contributed by atoms with E-state index in [2.05, 4.69) is 0 Å². The number of amides is 1. The Hall–Kier alpha value is -2.37. The van der Waals surface area contributed by atoms with Crippen molar-refractivity contribution in [2.45, 2.75) is 18.9 Å². The molecule has 2 aliphatic rings. The standard InChI is InChI=1S/C15H16N2O4/c18-13(4-5-15(20)21)16-7-10-6-11(9-16)12-2-1-3-14(19)17(12)8-10/h1-5,10-11H,6-9H2,(H,20,21)/b5-4+/t10-,11?/m0/s1. The fourth-order valence-electron chi connectivity index (χ4n) is 3.32. The summed E-state index contributed by atoms with van der Waals surface area (Å²) in [4.78, 5) is 36.1. The van der Waals surface area contributed by atoms with Crippen LogP contribution in [0.1, 0.15) is 18.0 Å². The summed E-state index contributed by atoms with van der Waals surface area (Å²) in [6, 6.07) is 5.24. The summed E-state index contributed by atoms with van der Waals surface area (Å²) in [7, 11) is 0. The molecule has 0 radical (unpaired) electrons. The van der Waals surface area contributed by atoms with E-state index in [0.717, 1.165) is 24.3 Å². The molecule has 0 aromatic carbocycles. The lowest BCUT2D eigenvalue weighted by molar-refractivity contribution is -0.132. The van der Waals surface area contributed by atoms with Gasteiger partial charge in [0.05, 0.1) is 0 Å². The van der Waals surface area contributed by atoms with Crippen molar-refractivity contribution >= 4 is 11.9 Å². The van der Waals surface area contributed by atoms with Crippen molar-refractivity contribution in [1.82, 2.24) is 9.47 Å². The topological polar surface area (TPSA) is 79.6 Å². The molecule has 3 rings (SSSR count). The fourth-order valence-corrected chi connectivity index (χ4v) is 3.32. The Kier molecular flexibility index (Phi) is 3.37. The van der Waals surface area contributed by atoms with Crippen LogP contribution in [-0.4, -0.2) is 39.5 Å². The van der Waals surface area contributed by atoms with Gasteiger partial charge in [0.1, 0.15) is 0 Å². The molecule has 6 heteroatoms. The Labute approximate surface area is 121 Å². The molecule has 2 aliphatic heterocycles. The first-order valence-electron chi connectivity index (χ1n) is 6.94. The zero-order valence-electron chi connectivity index (χ0n) is 11.4. The van der Waals surface area contributed by atoms with Crippen LogP contribution in [0.4, 0.5) is 0 Å². The second kappa shape index (κ2) is 5.20. The number of hydrogen-bond donors (Lipinski definition) is 1. The monoisotopic (exact) mass is 288 g/mol. The molecule has 0 aliphatic carbocycles. The number of rotatable bonds is 2. The quantitative estimate of drug-likeness (QED) is 0.801. The van der Waals surface area contributed by atoms with Crippen molar-refractivity contribution in [2.24, 2.45) is 5.92 Å². The minimum Gasteiger partial charge on any atom is -0.478 e. The van der Waals surface area contributed by atoms with E-state index in [0.29, 0.717) is 19.6 Å². The Morgan fingerprint density at radius 2 is 2.00 bits per heavy atom. The molecule has 1 aromatic rings. The molecular weight excluding hydrogens is 272 g/mol. The summed E-state index contributed by atoms with van der Waals surface area (Å²) in [6.07, 6.45) is 2.93. The molecule has 3 heterocycles. The van der Waals surface area contributed by atoms with Crippen LogP contribution in [0.15, 0.2) is 35.1 Å². The zero-order valence-corrected chi connectivity index (χ0v) is 11.4. The molecule has 1 amide bonds. The molecule has 2 atom stereocenters. The van der Waals surface area contributed by atoms with Crippen molar-refractivity contribution in [3.8, 4) is 0 Å². The number of nitrogens with zero attached hydrogens (tertiary/aromatic N) is 2. The van der Waals surface area contributed by atoms with Gasteiger partial charge < -0.3 is 14.6 Å². The molecule has 1 N–H and O–H groups in total. The molecular formula is C15H16N2O4. The number of carboxylic acid groups (broad SMARTS) is 1. The number of likely N-dealkylation sites (tertiary alicyclic amines) is 1. The van der Waals surface area contributed by atoms with Gasteiger partial charge in [-0.15, -0.1) is 0 Å². The lowest BCUT2D eigenvalue weighted by Gasteiger charge is -2.42. The molecule has 1 aromatic heterocycles. The van der Waals surface area contributed by atoms with E-state index in [1.165, 1.54) is 0 Å². The minimum absolute atomic E-state index is 0.00718. The second-order valence-electron chi connectivity index (χ2n) is 5.61. The first-order chi connectivity index (χ1) is 10.0. The van der Waals surface area contributed by atoms with Gasteiger partial charge in [-0.2, -0.15) is 0 Å². The summed E-state index contributed by atoms with van der Waals surface area (Å²) in [6.45, 7) is 1.72. The van der Waals surface area contributed by atoms with Gasteiger partial charge in [-0.3, -0.25) is 9.59 Å². The van der Waals surface area contributed by atoms with Gasteiger partial charge in [-0.25, -0.2) is 4.79 Å². The number of aromatic nitrogens is 1. The summed E-state index contributed by atoms with van der Waals surface area (Å²) in [5.74, 6) is -1.01. The number of carboxylic acids is 1. The fraction of sp³-hybridized carbons (Fsp3) is 0.400. The van der Waals surface area contributed by atoms with Gasteiger partial charge in [0.15, 0.2) is 0 Å². The van der Waals surface area contributed by atoms with Crippen LogP contribution in [0.3, 0.4) is 0 Å². The third-order valence-corrected chi connectivity index (χ3v) is 4.16. The summed E-state index contributed by atoms with van der Waals surface area (Å²) >= 11 is 0.